The van der Waals surface area contributed by atoms with E-state index in [1.165, 1.54) is 192 Å². The molecule has 2 rings (SSSR count). The molecule has 0 radical (unpaired) electrons. The van der Waals surface area contributed by atoms with Crippen molar-refractivity contribution >= 4 is 72.9 Å². The van der Waals surface area contributed by atoms with Crippen LogP contribution in [0.2, 0.25) is 0 Å². The van der Waals surface area contributed by atoms with Gasteiger partial charge in [0.1, 0.15) is 32.0 Å². The summed E-state index contributed by atoms with van der Waals surface area (Å²) in [6.07, 6.45) is 45.2. The minimum Gasteiger partial charge on any atom is -0.480 e. The molecule has 2 saturated heterocycles. The second-order valence-electron chi connectivity index (χ2n) is 31.0. The Hall–Kier alpha value is -5.60. The van der Waals surface area contributed by atoms with Crippen LogP contribution >= 0.6 is 7.82 Å². The molecule has 7 atom stereocenters. The molecule has 27 nitrogen and oxygen atoms in total. The van der Waals surface area contributed by atoms with Crippen LogP contribution < -0.4 is 26.6 Å². The lowest BCUT2D eigenvalue weighted by Crippen LogP contribution is -2.44. The van der Waals surface area contributed by atoms with Gasteiger partial charge < -0.3 is 65.2 Å². The quantitative estimate of drug-likeness (QED) is 0.00977. The second kappa shape index (κ2) is 74.0. The smallest absolute Gasteiger partial charge is 0.472 e. The highest BCUT2D eigenvalue weighted by Crippen LogP contribution is 2.43. The maximum absolute atomic E-state index is 12.7. The normalized spacial score (nSPS) is 15.4. The number of ketones is 2. The number of rotatable bonds is 68. The first-order chi connectivity index (χ1) is 54.1. The summed E-state index contributed by atoms with van der Waals surface area (Å²) in [4.78, 5) is 143. The van der Waals surface area contributed by atoms with Crippen molar-refractivity contribution in [2.45, 2.75) is 390 Å². The molecule has 660 valence electrons. The van der Waals surface area contributed by atoms with E-state index in [1.807, 2.05) is 41.5 Å². The number of aliphatic carboxylic acids is 1. The molecule has 113 heavy (non-hydrogen) atoms. The van der Waals surface area contributed by atoms with E-state index in [2.05, 4.69) is 54.3 Å². The van der Waals surface area contributed by atoms with Crippen molar-refractivity contribution in [3.8, 4) is 0 Å². The van der Waals surface area contributed by atoms with Crippen molar-refractivity contribution in [2.75, 3.05) is 72.4 Å². The molecule has 7 N–H and O–H groups in total. The standard InChI is InChI=1S/C37H66N5O16P.C17H36.C16H25NO5.C15H32/c1-6-8-13-36(49)58-29(24-55-35(48)7-2)25-57-59(51,52)56-19-18-40-37(50)54-21-20-53-26-34(47)39-17-12-10-9-11-16-38-33(46)23-41-32(45)15-14-31(44)30(22-27(3)4)42-28(5)43;1-3-5-7-9-11-13-15-17-16-14-12-10-8-6-4-2;1-9(2)7-11(8-13(18)14-10(3)22-14)15(19)17-6-4-5-12(17)16(20)21;1-3-5-7-9-11-13-15-14-12-10-8-6-4-2/h27,29-30H,6-26H2,1-5H3,(H,38,46)(H,39,47)(H,40,50)(H,41,45)(H,42,43)(H,51,52);3-17H2,1-2H3;9-12,14H,4-8H2,1-3H3,(H,20,21);3-15H2,1-2H3/t29-,30+;;10?,11-,12+,14+;/m1.1./s1. The van der Waals surface area contributed by atoms with Crippen molar-refractivity contribution in [1.29, 1.82) is 0 Å². The van der Waals surface area contributed by atoms with Crippen LogP contribution in [0.1, 0.15) is 359 Å². The fourth-order valence-electron chi connectivity index (χ4n) is 12.5. The number of carbonyl (C=O) groups excluding carboxylic acids is 10. The summed E-state index contributed by atoms with van der Waals surface area (Å²) in [5.41, 5.74) is 0. The molecule has 0 aliphatic carbocycles. The molecule has 0 aromatic rings. The van der Waals surface area contributed by atoms with Crippen LogP contribution in [0.15, 0.2) is 0 Å². The van der Waals surface area contributed by atoms with Crippen molar-refractivity contribution < 1.29 is 100 Å². The summed E-state index contributed by atoms with van der Waals surface area (Å²) in [6.45, 7) is 22.6. The largest absolute Gasteiger partial charge is 0.480 e. The Morgan fingerprint density at radius 2 is 1.00 bits per heavy atom. The minimum atomic E-state index is -4.62. The first-order valence-electron chi connectivity index (χ1n) is 43.9. The van der Waals surface area contributed by atoms with E-state index in [0.717, 1.165) is 19.3 Å². The number of carboxylic acids is 1. The number of hydrogen-bond acceptors (Lipinski definition) is 19. The molecule has 0 bridgehead atoms. The maximum Gasteiger partial charge on any atom is 0.472 e. The molecule has 2 unspecified atom stereocenters. The van der Waals surface area contributed by atoms with E-state index < -0.39 is 75.1 Å². The van der Waals surface area contributed by atoms with E-state index in [-0.39, 0.29) is 131 Å². The Balaban J connectivity index is 0. The lowest BCUT2D eigenvalue weighted by atomic mass is 9.90. The lowest BCUT2D eigenvalue weighted by molar-refractivity contribution is -0.161. The molecule has 2 aliphatic rings. The molecule has 0 aromatic heterocycles. The Kier molecular flexibility index (Phi) is 71.7. The number of nitrogens with zero attached hydrogens (tertiary/aromatic N) is 1. The van der Waals surface area contributed by atoms with Crippen LogP contribution in [0.25, 0.3) is 0 Å². The summed E-state index contributed by atoms with van der Waals surface area (Å²) in [5, 5.41) is 22.1. The van der Waals surface area contributed by atoms with E-state index in [4.69, 9.17) is 32.7 Å². The third kappa shape index (κ3) is 68.2. The molecule has 2 heterocycles. The first-order valence-corrected chi connectivity index (χ1v) is 45.4. The van der Waals surface area contributed by atoms with Gasteiger partial charge in [0, 0.05) is 71.1 Å². The van der Waals surface area contributed by atoms with Crippen LogP contribution in [0.4, 0.5) is 4.79 Å². The average molecular weight is 1630 g/mol. The van der Waals surface area contributed by atoms with Gasteiger partial charge in [-0.3, -0.25) is 52.2 Å². The average Bonchev–Trinajstić information content (AvgIpc) is 1.68. The third-order valence-electron chi connectivity index (χ3n) is 19.1. The molecule has 2 fully saturated rings. The zero-order chi connectivity index (χ0) is 84.7. The number of epoxide rings is 1. The second-order valence-corrected chi connectivity index (χ2v) is 32.4. The van der Waals surface area contributed by atoms with Crippen molar-refractivity contribution in [1.82, 2.24) is 31.5 Å². The zero-order valence-electron chi connectivity index (χ0n) is 72.3. The van der Waals surface area contributed by atoms with Gasteiger partial charge in [0.2, 0.25) is 29.5 Å². The number of carbonyl (C=O) groups is 11. The van der Waals surface area contributed by atoms with Gasteiger partial charge in [0.05, 0.1) is 38.5 Å². The molecule has 6 amide bonds. The SMILES string of the molecule is CC(C)C[C@H](CC(=O)[C@H]1OC1C)C(=O)N1CCC[C@H]1C(=O)O.CCCCC(=O)O[C@H](COC(=O)CC)COP(=O)(O)OCCNC(=O)OCCOCC(=O)NCCCCCCNC(=O)CNC(=O)CCC(=O)[C@H](CC(C)C)NC(C)=O.CCCCCCCCCCCCCCC.CCCCCCCCCCCCCCCCC. The minimum absolute atomic E-state index is 0.0406. The number of ether oxygens (including phenoxy) is 5. The molecular formula is C85H159N6O21P. The number of nitrogens with one attached hydrogen (secondary N) is 5. The number of hydrogen-bond donors (Lipinski definition) is 7. The number of esters is 2. The number of phosphoric acid groups is 1. The number of alkyl carbamates (subject to hydrolysis) is 1. The van der Waals surface area contributed by atoms with E-state index in [9.17, 15) is 67.3 Å². The summed E-state index contributed by atoms with van der Waals surface area (Å²) in [7, 11) is -4.62. The Morgan fingerprint density at radius 1 is 0.522 bits per heavy atom. The third-order valence-corrected chi connectivity index (χ3v) is 20.1. The van der Waals surface area contributed by atoms with Crippen LogP contribution in [-0.4, -0.2) is 183 Å². The first kappa shape index (κ1) is 109. The van der Waals surface area contributed by atoms with Crippen molar-refractivity contribution in [2.24, 2.45) is 17.8 Å². The van der Waals surface area contributed by atoms with Gasteiger partial charge in [0.15, 0.2) is 17.7 Å². The number of Topliss-reactive ketones (excluding diaryl/α,β-unsaturated/α-hetero) is 2. The van der Waals surface area contributed by atoms with Gasteiger partial charge in [-0.1, -0.05) is 268 Å². The predicted octanol–water partition coefficient (Wildman–Crippen LogP) is 16.2. The van der Waals surface area contributed by atoms with Gasteiger partial charge in [-0.2, -0.15) is 0 Å². The lowest BCUT2D eigenvalue weighted by Gasteiger charge is -2.27. The van der Waals surface area contributed by atoms with Crippen LogP contribution in [0, 0.1) is 17.8 Å². The molecule has 28 heteroatoms. The molecule has 2 aliphatic heterocycles. The number of likely N-dealkylation sites (tertiary alicyclic amines) is 1. The maximum atomic E-state index is 12.7. The van der Waals surface area contributed by atoms with E-state index in [1.54, 1.807) is 6.92 Å². The number of amides is 6. The number of phosphoric ester groups is 1. The van der Waals surface area contributed by atoms with Gasteiger partial charge in [0.25, 0.3) is 0 Å². The molecular weight excluding hydrogens is 1470 g/mol. The topological polar surface area (TPSA) is 377 Å². The highest BCUT2D eigenvalue weighted by Gasteiger charge is 2.44. The fraction of sp³-hybridized carbons (Fsp3) is 0.871. The van der Waals surface area contributed by atoms with E-state index in [0.29, 0.717) is 64.6 Å². The Labute approximate surface area is 681 Å². The summed E-state index contributed by atoms with van der Waals surface area (Å²) >= 11 is 0. The monoisotopic (exact) mass is 1630 g/mol. The van der Waals surface area contributed by atoms with Crippen molar-refractivity contribution in [3.63, 3.8) is 0 Å². The van der Waals surface area contributed by atoms with Crippen LogP contribution in [-0.2, 0) is 85.2 Å². The number of carboxylic acid groups (broad SMARTS) is 1. The molecule has 0 spiro atoms. The van der Waals surface area contributed by atoms with Crippen LogP contribution in [0.5, 0.6) is 0 Å². The van der Waals surface area contributed by atoms with Gasteiger partial charge in [-0.25, -0.2) is 14.2 Å². The Morgan fingerprint density at radius 3 is 1.45 bits per heavy atom. The van der Waals surface area contributed by atoms with Gasteiger partial charge >= 0.3 is 31.8 Å². The summed E-state index contributed by atoms with van der Waals surface area (Å²) < 4.78 is 47.3. The fourth-order valence-corrected chi connectivity index (χ4v) is 13.3. The highest BCUT2D eigenvalue weighted by atomic mass is 31.2. The summed E-state index contributed by atoms with van der Waals surface area (Å²) in [6, 6.07) is -1.38. The van der Waals surface area contributed by atoms with Gasteiger partial charge in [-0.05, 0) is 63.7 Å². The zero-order valence-corrected chi connectivity index (χ0v) is 73.2. The predicted molar refractivity (Wildman–Crippen MR) is 443 cm³/mol. The van der Waals surface area contributed by atoms with Gasteiger partial charge in [-0.15, -0.1) is 0 Å². The van der Waals surface area contributed by atoms with Crippen molar-refractivity contribution in [3.05, 3.63) is 0 Å². The molecule has 0 aromatic carbocycles. The highest BCUT2D eigenvalue weighted by molar-refractivity contribution is 7.47. The Bertz CT molecular complexity index is 2540. The van der Waals surface area contributed by atoms with E-state index >= 15 is 0 Å². The summed E-state index contributed by atoms with van der Waals surface area (Å²) in [5.74, 6) is -4.00. The number of unbranched alkanes of at least 4 members (excludes halogenated alkanes) is 30. The molecule has 0 saturated carbocycles. The van der Waals surface area contributed by atoms with Crippen LogP contribution in [0.3, 0.4) is 0 Å².